The van der Waals surface area contributed by atoms with Gasteiger partial charge in [-0.3, -0.25) is 9.59 Å². The number of nitrogens with one attached hydrogen (secondary N) is 1. The van der Waals surface area contributed by atoms with E-state index in [-0.39, 0.29) is 22.6 Å². The zero-order valence-corrected chi connectivity index (χ0v) is 17.7. The van der Waals surface area contributed by atoms with E-state index in [4.69, 9.17) is 0 Å². The smallest absolute Gasteiger partial charge is 0.253 e. The zero-order chi connectivity index (χ0) is 20.3. The van der Waals surface area contributed by atoms with Gasteiger partial charge in [0.25, 0.3) is 5.91 Å². The van der Waals surface area contributed by atoms with Gasteiger partial charge in [-0.2, -0.15) is 0 Å². The van der Waals surface area contributed by atoms with Crippen LogP contribution >= 0.6 is 15.9 Å². The van der Waals surface area contributed by atoms with Crippen molar-refractivity contribution in [3.63, 3.8) is 0 Å². The molecule has 2 amide bonds. The number of benzene rings is 1. The quantitative estimate of drug-likeness (QED) is 0.748. The lowest BCUT2D eigenvalue weighted by atomic mass is 9.95. The number of sulfone groups is 1. The van der Waals surface area contributed by atoms with Gasteiger partial charge < -0.3 is 10.2 Å². The Morgan fingerprint density at radius 3 is 2.50 bits per heavy atom. The summed E-state index contributed by atoms with van der Waals surface area (Å²) in [5.41, 5.74) is 0.338. The largest absolute Gasteiger partial charge is 0.339 e. The number of carbonyl (C=O) groups excluding carboxylic acids is 2. The summed E-state index contributed by atoms with van der Waals surface area (Å²) in [7, 11) is -3.37. The van der Waals surface area contributed by atoms with Gasteiger partial charge in [-0.25, -0.2) is 13.4 Å². The number of carbonyl (C=O) groups is 2. The van der Waals surface area contributed by atoms with Gasteiger partial charge in [0, 0.05) is 41.5 Å². The lowest BCUT2D eigenvalue weighted by molar-refractivity contribution is -0.121. The normalized spacial score (nSPS) is 15.3. The third-order valence-corrected chi connectivity index (χ3v) is 6.22. The highest BCUT2D eigenvalue weighted by atomic mass is 79.9. The van der Waals surface area contributed by atoms with Gasteiger partial charge in [0.15, 0.2) is 9.84 Å². The fourth-order valence-electron chi connectivity index (χ4n) is 3.07. The van der Waals surface area contributed by atoms with Crippen molar-refractivity contribution in [2.75, 3.05) is 24.7 Å². The van der Waals surface area contributed by atoms with Crippen molar-refractivity contribution >= 4 is 43.4 Å². The third-order valence-electron chi connectivity index (χ3n) is 4.64. The number of amides is 2. The van der Waals surface area contributed by atoms with Crippen LogP contribution in [0.1, 0.15) is 23.2 Å². The number of rotatable bonds is 4. The number of hydrogen-bond donors (Lipinski definition) is 1. The van der Waals surface area contributed by atoms with Crippen LogP contribution in [0.15, 0.2) is 52.0 Å². The summed E-state index contributed by atoms with van der Waals surface area (Å²) in [6.07, 6.45) is 3.81. The monoisotopic (exact) mass is 465 g/mol. The maximum atomic E-state index is 12.7. The highest BCUT2D eigenvalue weighted by Crippen LogP contribution is 2.22. The van der Waals surface area contributed by atoms with E-state index in [1.165, 1.54) is 12.1 Å². The predicted molar refractivity (Wildman–Crippen MR) is 109 cm³/mol. The molecule has 2 aromatic rings. The van der Waals surface area contributed by atoms with E-state index in [0.29, 0.717) is 37.3 Å². The van der Waals surface area contributed by atoms with Crippen LogP contribution in [0.25, 0.3) is 0 Å². The minimum Gasteiger partial charge on any atom is -0.339 e. The average Bonchev–Trinajstić information content (AvgIpc) is 2.69. The molecule has 1 N–H and O–H groups in total. The Morgan fingerprint density at radius 1 is 1.18 bits per heavy atom. The number of piperidine rings is 1. The van der Waals surface area contributed by atoms with E-state index in [2.05, 4.69) is 26.2 Å². The summed E-state index contributed by atoms with van der Waals surface area (Å²) in [6.45, 7) is 0.877. The Hall–Kier alpha value is -2.26. The number of anilines is 1. The molecule has 1 aromatic carbocycles. The van der Waals surface area contributed by atoms with Crippen molar-refractivity contribution in [3.8, 4) is 0 Å². The molecule has 1 fully saturated rings. The highest BCUT2D eigenvalue weighted by Gasteiger charge is 2.28. The molecule has 2 heterocycles. The van der Waals surface area contributed by atoms with Gasteiger partial charge in [-0.1, -0.05) is 6.07 Å². The number of aromatic nitrogens is 1. The molecule has 0 saturated carbocycles. The van der Waals surface area contributed by atoms with Crippen LogP contribution in [-0.2, 0) is 14.6 Å². The standard InChI is InChI=1S/C19H20BrN3O4S/c1-28(26,27)16-4-2-3-14(11-16)19(25)23-9-7-13(8-10-23)18(24)22-17-6-5-15(20)12-21-17/h2-6,11-13H,7-10H2,1H3,(H,21,22,24). The minimum absolute atomic E-state index is 0.110. The molecule has 0 spiro atoms. The summed E-state index contributed by atoms with van der Waals surface area (Å²) in [5.74, 6) is -0.0407. The highest BCUT2D eigenvalue weighted by molar-refractivity contribution is 9.10. The van der Waals surface area contributed by atoms with Crippen LogP contribution in [0.3, 0.4) is 0 Å². The number of pyridine rings is 1. The summed E-state index contributed by atoms with van der Waals surface area (Å²) in [6, 6.07) is 9.56. The van der Waals surface area contributed by atoms with Gasteiger partial charge in [-0.15, -0.1) is 0 Å². The van der Waals surface area contributed by atoms with Crippen LogP contribution in [-0.4, -0.2) is 49.5 Å². The van der Waals surface area contributed by atoms with Gasteiger partial charge in [0.2, 0.25) is 5.91 Å². The SMILES string of the molecule is CS(=O)(=O)c1cccc(C(=O)N2CCC(C(=O)Nc3ccc(Br)cn3)CC2)c1. The second-order valence-electron chi connectivity index (χ2n) is 6.72. The number of nitrogens with zero attached hydrogens (tertiary/aromatic N) is 2. The van der Waals surface area contributed by atoms with Crippen LogP contribution in [0.5, 0.6) is 0 Å². The fourth-order valence-corrected chi connectivity index (χ4v) is 3.97. The van der Waals surface area contributed by atoms with Crippen LogP contribution in [0.2, 0.25) is 0 Å². The number of hydrogen-bond acceptors (Lipinski definition) is 5. The average molecular weight is 466 g/mol. The first kappa shape index (κ1) is 20.5. The molecule has 7 nitrogen and oxygen atoms in total. The van der Waals surface area contributed by atoms with E-state index < -0.39 is 9.84 Å². The Morgan fingerprint density at radius 2 is 1.89 bits per heavy atom. The van der Waals surface area contributed by atoms with E-state index in [0.717, 1.165) is 10.7 Å². The third kappa shape index (κ3) is 4.96. The number of likely N-dealkylation sites (tertiary alicyclic amines) is 1. The van der Waals surface area contributed by atoms with E-state index in [1.807, 2.05) is 0 Å². The molecule has 148 valence electrons. The molecule has 1 saturated heterocycles. The van der Waals surface area contributed by atoms with Crippen molar-refractivity contribution in [1.82, 2.24) is 9.88 Å². The first-order chi connectivity index (χ1) is 13.2. The van der Waals surface area contributed by atoms with Crippen molar-refractivity contribution in [3.05, 3.63) is 52.6 Å². The van der Waals surface area contributed by atoms with Crippen molar-refractivity contribution in [2.45, 2.75) is 17.7 Å². The fraction of sp³-hybridized carbons (Fsp3) is 0.316. The molecular weight excluding hydrogens is 446 g/mol. The van der Waals surface area contributed by atoms with Gasteiger partial charge >= 0.3 is 0 Å². The summed E-state index contributed by atoms with van der Waals surface area (Å²) >= 11 is 3.30. The molecule has 1 aromatic heterocycles. The molecule has 0 unspecified atom stereocenters. The Labute approximate surface area is 172 Å². The Balaban J connectivity index is 1.59. The van der Waals surface area contributed by atoms with Gasteiger partial charge in [0.05, 0.1) is 4.90 Å². The Bertz CT molecular complexity index is 984. The van der Waals surface area contributed by atoms with E-state index in [1.54, 1.807) is 35.4 Å². The van der Waals surface area contributed by atoms with Crippen molar-refractivity contribution in [2.24, 2.45) is 5.92 Å². The maximum Gasteiger partial charge on any atom is 0.253 e. The first-order valence-corrected chi connectivity index (χ1v) is 11.4. The topological polar surface area (TPSA) is 96.4 Å². The first-order valence-electron chi connectivity index (χ1n) is 8.76. The molecule has 0 aliphatic carbocycles. The lowest BCUT2D eigenvalue weighted by Crippen LogP contribution is -2.41. The van der Waals surface area contributed by atoms with E-state index >= 15 is 0 Å². The van der Waals surface area contributed by atoms with Crippen molar-refractivity contribution in [1.29, 1.82) is 0 Å². The molecule has 3 rings (SSSR count). The molecule has 28 heavy (non-hydrogen) atoms. The Kier molecular flexibility index (Phi) is 6.14. The molecule has 0 radical (unpaired) electrons. The van der Waals surface area contributed by atoms with E-state index in [9.17, 15) is 18.0 Å². The molecule has 1 aliphatic heterocycles. The second kappa shape index (κ2) is 8.40. The van der Waals surface area contributed by atoms with Gasteiger partial charge in [0.1, 0.15) is 5.82 Å². The molecule has 9 heteroatoms. The minimum atomic E-state index is -3.37. The molecule has 0 atom stereocenters. The lowest BCUT2D eigenvalue weighted by Gasteiger charge is -2.31. The predicted octanol–water partition coefficient (Wildman–Crippen LogP) is 2.74. The number of halogens is 1. The summed E-state index contributed by atoms with van der Waals surface area (Å²) in [5, 5.41) is 2.80. The summed E-state index contributed by atoms with van der Waals surface area (Å²) < 4.78 is 24.2. The van der Waals surface area contributed by atoms with Crippen LogP contribution < -0.4 is 5.32 Å². The van der Waals surface area contributed by atoms with Crippen LogP contribution in [0.4, 0.5) is 5.82 Å². The zero-order valence-electron chi connectivity index (χ0n) is 15.3. The summed E-state index contributed by atoms with van der Waals surface area (Å²) in [4.78, 5) is 31.0. The molecule has 1 aliphatic rings. The van der Waals surface area contributed by atoms with Gasteiger partial charge in [-0.05, 0) is 59.1 Å². The second-order valence-corrected chi connectivity index (χ2v) is 9.65. The molecular formula is C19H20BrN3O4S. The maximum absolute atomic E-state index is 12.7. The molecule has 0 bridgehead atoms. The van der Waals surface area contributed by atoms with Crippen molar-refractivity contribution < 1.29 is 18.0 Å². The van der Waals surface area contributed by atoms with Crippen LogP contribution in [0, 0.1) is 5.92 Å².